The van der Waals surface area contributed by atoms with Crippen molar-refractivity contribution in [2.45, 2.75) is 40.3 Å². The van der Waals surface area contributed by atoms with Gasteiger partial charge in [-0.1, -0.05) is 13.0 Å². The summed E-state index contributed by atoms with van der Waals surface area (Å²) < 4.78 is 2.20. The summed E-state index contributed by atoms with van der Waals surface area (Å²) in [6.07, 6.45) is 5.04. The Hall–Kier alpha value is -1.72. The number of rotatable bonds is 5. The lowest BCUT2D eigenvalue weighted by atomic mass is 10.1. The predicted molar refractivity (Wildman–Crippen MR) is 86.7 cm³/mol. The van der Waals surface area contributed by atoms with Crippen molar-refractivity contribution in [3.63, 3.8) is 0 Å². The Labute approximate surface area is 128 Å². The molecule has 0 saturated carbocycles. The molecule has 0 aliphatic heterocycles. The van der Waals surface area contributed by atoms with E-state index in [2.05, 4.69) is 52.7 Å². The van der Waals surface area contributed by atoms with Crippen molar-refractivity contribution in [2.75, 3.05) is 0 Å². The normalized spacial score (nSPS) is 11.4. The lowest BCUT2D eigenvalue weighted by Gasteiger charge is -2.08. The number of hydrogen-bond donors (Lipinski definition) is 1. The largest absolute Gasteiger partial charge is 0.305 e. The van der Waals surface area contributed by atoms with Crippen molar-refractivity contribution in [1.29, 1.82) is 0 Å². The number of hydrogen-bond acceptors (Lipinski definition) is 4. The van der Waals surface area contributed by atoms with Crippen molar-refractivity contribution in [1.82, 2.24) is 19.7 Å². The molecule has 3 aromatic rings. The minimum Gasteiger partial charge on any atom is -0.305 e. The van der Waals surface area contributed by atoms with Gasteiger partial charge in [0.2, 0.25) is 0 Å². The standard InChI is InChI=1S/C16H20N4S/c1-4-13-6-5-7-18-14(13)8-17-9-15-12(3)19-16-20(15)10-11(2)21-16/h5-7,10,17H,4,8-9H2,1-3H3. The molecule has 1 N–H and O–H groups in total. The smallest absolute Gasteiger partial charge is 0.194 e. The minimum absolute atomic E-state index is 0.791. The molecule has 0 radical (unpaired) electrons. The Balaban J connectivity index is 1.73. The number of nitrogens with zero attached hydrogens (tertiary/aromatic N) is 3. The molecule has 0 aliphatic carbocycles. The van der Waals surface area contributed by atoms with Crippen LogP contribution in [0.15, 0.2) is 24.5 Å². The number of nitrogens with one attached hydrogen (secondary N) is 1. The molecule has 0 atom stereocenters. The van der Waals surface area contributed by atoms with Crippen molar-refractivity contribution < 1.29 is 0 Å². The molecule has 0 amide bonds. The molecule has 4 nitrogen and oxygen atoms in total. The van der Waals surface area contributed by atoms with Crippen LogP contribution in [-0.4, -0.2) is 14.4 Å². The van der Waals surface area contributed by atoms with Gasteiger partial charge in [0.05, 0.1) is 17.1 Å². The van der Waals surface area contributed by atoms with E-state index in [9.17, 15) is 0 Å². The van der Waals surface area contributed by atoms with Crippen molar-refractivity contribution in [2.24, 2.45) is 0 Å². The Morgan fingerprint density at radius 2 is 2.14 bits per heavy atom. The van der Waals surface area contributed by atoms with Gasteiger partial charge in [0.15, 0.2) is 4.96 Å². The van der Waals surface area contributed by atoms with E-state index in [1.54, 1.807) is 11.3 Å². The molecule has 21 heavy (non-hydrogen) atoms. The van der Waals surface area contributed by atoms with E-state index in [0.29, 0.717) is 0 Å². The molecule has 0 spiro atoms. The Morgan fingerprint density at radius 3 is 2.95 bits per heavy atom. The first kappa shape index (κ1) is 14.2. The van der Waals surface area contributed by atoms with Gasteiger partial charge in [0, 0.05) is 30.4 Å². The van der Waals surface area contributed by atoms with Crippen LogP contribution in [0.4, 0.5) is 0 Å². The highest BCUT2D eigenvalue weighted by atomic mass is 32.1. The summed E-state index contributed by atoms with van der Waals surface area (Å²) in [5, 5.41) is 3.50. The fraction of sp³-hybridized carbons (Fsp3) is 0.375. The van der Waals surface area contributed by atoms with Crippen LogP contribution in [0, 0.1) is 13.8 Å². The van der Waals surface area contributed by atoms with Crippen LogP contribution in [0.5, 0.6) is 0 Å². The van der Waals surface area contributed by atoms with E-state index in [4.69, 9.17) is 0 Å². The van der Waals surface area contributed by atoms with Gasteiger partial charge < -0.3 is 5.32 Å². The van der Waals surface area contributed by atoms with Crippen LogP contribution >= 0.6 is 11.3 Å². The summed E-state index contributed by atoms with van der Waals surface area (Å²) in [4.78, 5) is 11.5. The number of pyridine rings is 1. The van der Waals surface area contributed by atoms with Gasteiger partial charge in [0.25, 0.3) is 0 Å². The van der Waals surface area contributed by atoms with E-state index in [0.717, 1.165) is 35.9 Å². The summed E-state index contributed by atoms with van der Waals surface area (Å²) in [7, 11) is 0. The molecule has 0 aliphatic rings. The van der Waals surface area contributed by atoms with Crippen LogP contribution in [0.3, 0.4) is 0 Å². The van der Waals surface area contributed by atoms with Crippen LogP contribution in [0.2, 0.25) is 0 Å². The molecule has 0 saturated heterocycles. The lowest BCUT2D eigenvalue weighted by Crippen LogP contribution is -2.16. The maximum absolute atomic E-state index is 4.62. The van der Waals surface area contributed by atoms with Gasteiger partial charge in [0.1, 0.15) is 0 Å². The van der Waals surface area contributed by atoms with E-state index in [1.165, 1.54) is 16.1 Å². The second-order valence-electron chi connectivity index (χ2n) is 5.20. The topological polar surface area (TPSA) is 42.2 Å². The lowest BCUT2D eigenvalue weighted by molar-refractivity contribution is 0.656. The van der Waals surface area contributed by atoms with Crippen molar-refractivity contribution >= 4 is 16.3 Å². The van der Waals surface area contributed by atoms with Crippen molar-refractivity contribution in [3.05, 3.63) is 52.0 Å². The first-order chi connectivity index (χ1) is 10.2. The number of imidazole rings is 1. The third-order valence-corrected chi connectivity index (χ3v) is 4.59. The highest BCUT2D eigenvalue weighted by molar-refractivity contribution is 7.17. The van der Waals surface area contributed by atoms with Crippen LogP contribution in [0.1, 0.15) is 34.4 Å². The third-order valence-electron chi connectivity index (χ3n) is 3.69. The summed E-state index contributed by atoms with van der Waals surface area (Å²) in [6.45, 7) is 7.96. The fourth-order valence-corrected chi connectivity index (χ4v) is 3.46. The zero-order valence-corrected chi connectivity index (χ0v) is 13.5. The van der Waals surface area contributed by atoms with Gasteiger partial charge >= 0.3 is 0 Å². The molecule has 110 valence electrons. The minimum atomic E-state index is 0.791. The molecule has 5 heteroatoms. The Morgan fingerprint density at radius 1 is 1.29 bits per heavy atom. The van der Waals surface area contributed by atoms with Crippen molar-refractivity contribution in [3.8, 4) is 0 Å². The Kier molecular flexibility index (Phi) is 4.03. The fourth-order valence-electron chi connectivity index (χ4n) is 2.57. The predicted octanol–water partition coefficient (Wildman–Crippen LogP) is 3.26. The second kappa shape index (κ2) is 5.95. The average molecular weight is 300 g/mol. The van der Waals surface area contributed by atoms with Crippen LogP contribution < -0.4 is 5.32 Å². The zero-order valence-electron chi connectivity index (χ0n) is 12.7. The van der Waals surface area contributed by atoms with Gasteiger partial charge in [-0.2, -0.15) is 0 Å². The number of aryl methyl sites for hydroxylation is 3. The summed E-state index contributed by atoms with van der Waals surface area (Å²) in [5.41, 5.74) is 4.79. The molecular weight excluding hydrogens is 280 g/mol. The number of aromatic nitrogens is 3. The van der Waals surface area contributed by atoms with Gasteiger partial charge in [-0.3, -0.25) is 9.38 Å². The molecule has 3 aromatic heterocycles. The monoisotopic (exact) mass is 300 g/mol. The van der Waals surface area contributed by atoms with Crippen LogP contribution in [-0.2, 0) is 19.5 Å². The Bertz CT molecular complexity index is 757. The quantitative estimate of drug-likeness (QED) is 0.786. The second-order valence-corrected chi connectivity index (χ2v) is 6.42. The maximum atomic E-state index is 4.62. The molecule has 0 unspecified atom stereocenters. The number of thiazole rings is 1. The van der Waals surface area contributed by atoms with Gasteiger partial charge in [-0.15, -0.1) is 11.3 Å². The molecule has 0 bridgehead atoms. The van der Waals surface area contributed by atoms with E-state index >= 15 is 0 Å². The summed E-state index contributed by atoms with van der Waals surface area (Å²) in [6, 6.07) is 4.15. The summed E-state index contributed by atoms with van der Waals surface area (Å²) >= 11 is 1.73. The highest BCUT2D eigenvalue weighted by Gasteiger charge is 2.11. The van der Waals surface area contributed by atoms with E-state index in [-0.39, 0.29) is 0 Å². The zero-order chi connectivity index (χ0) is 14.8. The average Bonchev–Trinajstić information content (AvgIpc) is 2.96. The van der Waals surface area contributed by atoms with Gasteiger partial charge in [-0.05, 0) is 31.9 Å². The first-order valence-corrected chi connectivity index (χ1v) is 8.08. The maximum Gasteiger partial charge on any atom is 0.194 e. The molecule has 3 heterocycles. The van der Waals surface area contributed by atoms with Crippen LogP contribution in [0.25, 0.3) is 4.96 Å². The molecular formula is C16H20N4S. The first-order valence-electron chi connectivity index (χ1n) is 7.26. The molecule has 0 fully saturated rings. The SMILES string of the molecule is CCc1cccnc1CNCc1c(C)nc2sc(C)cn12. The molecule has 0 aromatic carbocycles. The van der Waals surface area contributed by atoms with Gasteiger partial charge in [-0.25, -0.2) is 4.98 Å². The summed E-state index contributed by atoms with van der Waals surface area (Å²) in [5.74, 6) is 0. The highest BCUT2D eigenvalue weighted by Crippen LogP contribution is 2.20. The van der Waals surface area contributed by atoms with E-state index in [1.807, 2.05) is 12.3 Å². The third kappa shape index (κ3) is 2.84. The van der Waals surface area contributed by atoms with E-state index < -0.39 is 0 Å². The molecule has 3 rings (SSSR count). The number of fused-ring (bicyclic) bond motifs is 1.